The quantitative estimate of drug-likeness (QED) is 0.671. The number of ether oxygens (including phenoxy) is 1. The van der Waals surface area contributed by atoms with Crippen LogP contribution in [-0.2, 0) is 22.6 Å². The summed E-state index contributed by atoms with van der Waals surface area (Å²) in [5, 5.41) is 10.3. The van der Waals surface area contributed by atoms with Crippen molar-refractivity contribution in [3.05, 3.63) is 17.0 Å². The van der Waals surface area contributed by atoms with Gasteiger partial charge in [-0.25, -0.2) is 0 Å². The number of nitrogens with zero attached hydrogens (tertiary/aromatic N) is 2. The fraction of sp³-hybridized carbons (Fsp3) is 0.667. The minimum atomic E-state index is -0.0475. The zero-order valence-electron chi connectivity index (χ0n) is 11.5. The Morgan fingerprint density at radius 3 is 2.78 bits per heavy atom. The molecule has 0 aliphatic rings. The van der Waals surface area contributed by atoms with E-state index in [0.717, 1.165) is 23.5 Å². The minimum Gasteiger partial charge on any atom is -0.383 e. The highest BCUT2D eigenvalue weighted by molar-refractivity contribution is 5.75. The van der Waals surface area contributed by atoms with E-state index in [1.54, 1.807) is 11.8 Å². The predicted octanol–water partition coefficient (Wildman–Crippen LogP) is -0.0181. The van der Waals surface area contributed by atoms with Gasteiger partial charge in [0.05, 0.1) is 12.3 Å². The van der Waals surface area contributed by atoms with Crippen LogP contribution in [0.2, 0.25) is 0 Å². The van der Waals surface area contributed by atoms with Gasteiger partial charge in [-0.05, 0) is 20.9 Å². The van der Waals surface area contributed by atoms with Crippen LogP contribution in [0.15, 0.2) is 0 Å². The molecule has 1 rings (SSSR count). The standard InChI is InChI=1S/C12H22N4O2/c1-9-11(7-13-3)10(2)16(15-9)8-12(17)14-5-6-18-4/h13H,5-8H2,1-4H3,(H,14,17). The van der Waals surface area contributed by atoms with Crippen molar-refractivity contribution >= 4 is 5.91 Å². The van der Waals surface area contributed by atoms with Gasteiger partial charge in [0.2, 0.25) is 5.91 Å². The molecule has 0 aromatic carbocycles. The number of hydrogen-bond donors (Lipinski definition) is 2. The fourth-order valence-corrected chi connectivity index (χ4v) is 1.81. The molecule has 0 aliphatic carbocycles. The molecule has 2 N–H and O–H groups in total. The summed E-state index contributed by atoms with van der Waals surface area (Å²) in [6.45, 7) is 6.00. The van der Waals surface area contributed by atoms with Gasteiger partial charge in [0.25, 0.3) is 0 Å². The SMILES string of the molecule is CNCc1c(C)nn(CC(=O)NCCOC)c1C. The molecule has 0 saturated heterocycles. The lowest BCUT2D eigenvalue weighted by Crippen LogP contribution is -2.31. The van der Waals surface area contributed by atoms with E-state index in [1.165, 1.54) is 0 Å². The normalized spacial score (nSPS) is 10.7. The van der Waals surface area contributed by atoms with Crippen molar-refractivity contribution in [3.8, 4) is 0 Å². The van der Waals surface area contributed by atoms with Crippen LogP contribution in [0, 0.1) is 13.8 Å². The molecule has 0 radical (unpaired) electrons. The minimum absolute atomic E-state index is 0.0475. The number of carbonyl (C=O) groups is 1. The first kappa shape index (κ1) is 14.7. The van der Waals surface area contributed by atoms with E-state index in [0.29, 0.717) is 13.2 Å². The van der Waals surface area contributed by atoms with Crippen LogP contribution in [0.3, 0.4) is 0 Å². The third-order valence-electron chi connectivity index (χ3n) is 2.81. The van der Waals surface area contributed by atoms with Gasteiger partial charge >= 0.3 is 0 Å². The molecule has 0 spiro atoms. The predicted molar refractivity (Wildman–Crippen MR) is 69.4 cm³/mol. The van der Waals surface area contributed by atoms with Gasteiger partial charge in [-0.15, -0.1) is 0 Å². The molecule has 1 amide bonds. The van der Waals surface area contributed by atoms with Crippen LogP contribution in [0.5, 0.6) is 0 Å². The molecule has 18 heavy (non-hydrogen) atoms. The van der Waals surface area contributed by atoms with E-state index in [4.69, 9.17) is 4.74 Å². The second kappa shape index (κ2) is 7.13. The Kier molecular flexibility index (Phi) is 5.80. The van der Waals surface area contributed by atoms with Gasteiger partial charge in [-0.1, -0.05) is 0 Å². The molecular weight excluding hydrogens is 232 g/mol. The van der Waals surface area contributed by atoms with E-state index in [2.05, 4.69) is 15.7 Å². The van der Waals surface area contributed by atoms with E-state index >= 15 is 0 Å². The first-order chi connectivity index (χ1) is 8.60. The molecule has 1 aromatic rings. The lowest BCUT2D eigenvalue weighted by atomic mass is 10.2. The van der Waals surface area contributed by atoms with Crippen LogP contribution < -0.4 is 10.6 Å². The summed E-state index contributed by atoms with van der Waals surface area (Å²) >= 11 is 0. The molecule has 102 valence electrons. The van der Waals surface area contributed by atoms with Crippen LogP contribution >= 0.6 is 0 Å². The van der Waals surface area contributed by atoms with Crippen molar-refractivity contribution in [2.75, 3.05) is 27.3 Å². The largest absolute Gasteiger partial charge is 0.383 e. The van der Waals surface area contributed by atoms with E-state index < -0.39 is 0 Å². The van der Waals surface area contributed by atoms with Crippen LogP contribution in [0.25, 0.3) is 0 Å². The maximum Gasteiger partial charge on any atom is 0.241 e. The highest BCUT2D eigenvalue weighted by Gasteiger charge is 2.12. The Hall–Kier alpha value is -1.40. The monoisotopic (exact) mass is 254 g/mol. The van der Waals surface area contributed by atoms with Crippen LogP contribution in [-0.4, -0.2) is 43.0 Å². The summed E-state index contributed by atoms with van der Waals surface area (Å²) in [4.78, 5) is 11.7. The van der Waals surface area contributed by atoms with Crippen molar-refractivity contribution < 1.29 is 9.53 Å². The summed E-state index contributed by atoms with van der Waals surface area (Å²) in [5.74, 6) is -0.0475. The maximum atomic E-state index is 11.7. The average molecular weight is 254 g/mol. The Balaban J connectivity index is 2.62. The van der Waals surface area contributed by atoms with E-state index in [1.807, 2.05) is 20.9 Å². The smallest absolute Gasteiger partial charge is 0.241 e. The van der Waals surface area contributed by atoms with Crippen molar-refractivity contribution in [1.82, 2.24) is 20.4 Å². The second-order valence-electron chi connectivity index (χ2n) is 4.18. The molecule has 0 bridgehead atoms. The van der Waals surface area contributed by atoms with Gasteiger partial charge in [-0.2, -0.15) is 5.10 Å². The number of methoxy groups -OCH3 is 1. The van der Waals surface area contributed by atoms with E-state index in [-0.39, 0.29) is 12.5 Å². The first-order valence-corrected chi connectivity index (χ1v) is 6.03. The van der Waals surface area contributed by atoms with Crippen molar-refractivity contribution in [2.45, 2.75) is 26.9 Å². The Morgan fingerprint density at radius 2 is 2.17 bits per heavy atom. The Morgan fingerprint density at radius 1 is 1.44 bits per heavy atom. The average Bonchev–Trinajstić information content (AvgIpc) is 2.58. The number of aryl methyl sites for hydroxylation is 1. The molecule has 1 heterocycles. The molecule has 6 heteroatoms. The topological polar surface area (TPSA) is 68.2 Å². The highest BCUT2D eigenvalue weighted by atomic mass is 16.5. The molecular formula is C12H22N4O2. The van der Waals surface area contributed by atoms with Gasteiger partial charge in [0.1, 0.15) is 6.54 Å². The zero-order valence-corrected chi connectivity index (χ0v) is 11.5. The third kappa shape index (κ3) is 3.82. The molecule has 0 aliphatic heterocycles. The summed E-state index contributed by atoms with van der Waals surface area (Å²) in [7, 11) is 3.50. The van der Waals surface area contributed by atoms with Gasteiger partial charge in [0.15, 0.2) is 0 Å². The number of rotatable bonds is 7. The summed E-state index contributed by atoms with van der Waals surface area (Å²) in [6.07, 6.45) is 0. The summed E-state index contributed by atoms with van der Waals surface area (Å²) in [5.41, 5.74) is 3.15. The number of amides is 1. The van der Waals surface area contributed by atoms with Crippen molar-refractivity contribution in [1.29, 1.82) is 0 Å². The lowest BCUT2D eigenvalue weighted by molar-refractivity contribution is -0.122. The number of aromatic nitrogens is 2. The van der Waals surface area contributed by atoms with Gasteiger partial charge < -0.3 is 15.4 Å². The Bertz CT molecular complexity index is 401. The highest BCUT2D eigenvalue weighted by Crippen LogP contribution is 2.12. The molecule has 0 fully saturated rings. The third-order valence-corrected chi connectivity index (χ3v) is 2.81. The number of carbonyl (C=O) groups excluding carboxylic acids is 1. The summed E-state index contributed by atoms with van der Waals surface area (Å²) in [6, 6.07) is 0. The number of hydrogen-bond acceptors (Lipinski definition) is 4. The zero-order chi connectivity index (χ0) is 13.5. The molecule has 0 saturated carbocycles. The van der Waals surface area contributed by atoms with E-state index in [9.17, 15) is 4.79 Å². The van der Waals surface area contributed by atoms with Crippen LogP contribution in [0.4, 0.5) is 0 Å². The molecule has 1 aromatic heterocycles. The molecule has 0 unspecified atom stereocenters. The number of nitrogens with one attached hydrogen (secondary N) is 2. The Labute approximate surface area is 108 Å². The maximum absolute atomic E-state index is 11.7. The first-order valence-electron chi connectivity index (χ1n) is 6.03. The van der Waals surface area contributed by atoms with Crippen molar-refractivity contribution in [3.63, 3.8) is 0 Å². The fourth-order valence-electron chi connectivity index (χ4n) is 1.81. The molecule has 0 atom stereocenters. The summed E-state index contributed by atoms with van der Waals surface area (Å²) < 4.78 is 6.62. The van der Waals surface area contributed by atoms with Gasteiger partial charge in [0, 0.05) is 31.5 Å². The van der Waals surface area contributed by atoms with Crippen LogP contribution in [0.1, 0.15) is 17.0 Å². The lowest BCUT2D eigenvalue weighted by Gasteiger charge is -2.06. The van der Waals surface area contributed by atoms with Crippen molar-refractivity contribution in [2.24, 2.45) is 0 Å². The van der Waals surface area contributed by atoms with Gasteiger partial charge in [-0.3, -0.25) is 9.48 Å². The second-order valence-corrected chi connectivity index (χ2v) is 4.18. The molecule has 6 nitrogen and oxygen atoms in total.